The quantitative estimate of drug-likeness (QED) is 0.576. The zero-order valence-electron chi connectivity index (χ0n) is 7.50. The molecule has 1 heterocycles. The Morgan fingerprint density at radius 1 is 1.58 bits per heavy atom. The standard InChI is InChI=1S/C9H14O3/c1-6(2)9(11)7-5-12-4-3-8(7)10/h6-7H,3-5H2,1-2H3. The Morgan fingerprint density at radius 2 is 2.25 bits per heavy atom. The van der Waals surface area contributed by atoms with Crippen molar-refractivity contribution in [3.05, 3.63) is 0 Å². The molecule has 0 saturated carbocycles. The Labute approximate surface area is 72.1 Å². The van der Waals surface area contributed by atoms with E-state index in [2.05, 4.69) is 0 Å². The van der Waals surface area contributed by atoms with Gasteiger partial charge in [0.2, 0.25) is 0 Å². The van der Waals surface area contributed by atoms with Gasteiger partial charge in [-0.3, -0.25) is 9.59 Å². The van der Waals surface area contributed by atoms with Crippen LogP contribution in [0.4, 0.5) is 0 Å². The third-order valence-electron chi connectivity index (χ3n) is 2.08. The van der Waals surface area contributed by atoms with E-state index < -0.39 is 5.92 Å². The van der Waals surface area contributed by atoms with Crippen LogP contribution in [0.5, 0.6) is 0 Å². The fourth-order valence-electron chi connectivity index (χ4n) is 1.28. The van der Waals surface area contributed by atoms with Gasteiger partial charge in [-0.05, 0) is 0 Å². The lowest BCUT2D eigenvalue weighted by molar-refractivity contribution is -0.141. The summed E-state index contributed by atoms with van der Waals surface area (Å²) in [7, 11) is 0. The molecule has 68 valence electrons. The first kappa shape index (κ1) is 9.39. The normalized spacial score (nSPS) is 24.6. The second-order valence-electron chi connectivity index (χ2n) is 3.40. The van der Waals surface area contributed by atoms with Crippen LogP contribution in [0.25, 0.3) is 0 Å². The second kappa shape index (κ2) is 3.81. The van der Waals surface area contributed by atoms with Crippen LogP contribution in [0, 0.1) is 11.8 Å². The first-order chi connectivity index (χ1) is 5.63. The van der Waals surface area contributed by atoms with Crippen molar-refractivity contribution in [2.24, 2.45) is 11.8 Å². The molecule has 0 aromatic heterocycles. The highest BCUT2D eigenvalue weighted by atomic mass is 16.5. The lowest BCUT2D eigenvalue weighted by Gasteiger charge is -2.21. The first-order valence-corrected chi connectivity index (χ1v) is 4.27. The minimum atomic E-state index is -0.487. The van der Waals surface area contributed by atoms with Crippen molar-refractivity contribution in [3.63, 3.8) is 0 Å². The molecule has 0 aliphatic carbocycles. The van der Waals surface area contributed by atoms with Gasteiger partial charge in [0.1, 0.15) is 11.6 Å². The largest absolute Gasteiger partial charge is 0.380 e. The predicted octanol–water partition coefficient (Wildman–Crippen LogP) is 0.817. The number of ether oxygens (including phenoxy) is 1. The van der Waals surface area contributed by atoms with Crippen LogP contribution < -0.4 is 0 Å². The Bertz CT molecular complexity index is 196. The van der Waals surface area contributed by atoms with Crippen molar-refractivity contribution < 1.29 is 14.3 Å². The van der Waals surface area contributed by atoms with E-state index in [1.54, 1.807) is 0 Å². The molecule has 1 atom stereocenters. The fraction of sp³-hybridized carbons (Fsp3) is 0.778. The molecule has 0 spiro atoms. The summed E-state index contributed by atoms with van der Waals surface area (Å²) in [4.78, 5) is 22.6. The summed E-state index contributed by atoms with van der Waals surface area (Å²) >= 11 is 0. The predicted molar refractivity (Wildman–Crippen MR) is 43.8 cm³/mol. The number of carbonyl (C=O) groups is 2. The number of carbonyl (C=O) groups excluding carboxylic acids is 2. The van der Waals surface area contributed by atoms with Gasteiger partial charge in [0.15, 0.2) is 0 Å². The number of hydrogen-bond acceptors (Lipinski definition) is 3. The Kier molecular flexibility index (Phi) is 2.98. The van der Waals surface area contributed by atoms with Crippen molar-refractivity contribution in [3.8, 4) is 0 Å². The molecule has 1 aliphatic heterocycles. The summed E-state index contributed by atoms with van der Waals surface area (Å²) in [6, 6.07) is 0. The molecule has 0 bridgehead atoms. The molecule has 0 N–H and O–H groups in total. The molecule has 0 radical (unpaired) electrons. The van der Waals surface area contributed by atoms with Gasteiger partial charge in [-0.2, -0.15) is 0 Å². The molecule has 3 nitrogen and oxygen atoms in total. The van der Waals surface area contributed by atoms with Crippen LogP contribution in [0.15, 0.2) is 0 Å². The first-order valence-electron chi connectivity index (χ1n) is 4.27. The SMILES string of the molecule is CC(C)C(=O)C1COCCC1=O. The summed E-state index contributed by atoms with van der Waals surface area (Å²) in [5.74, 6) is -0.501. The van der Waals surface area contributed by atoms with E-state index >= 15 is 0 Å². The second-order valence-corrected chi connectivity index (χ2v) is 3.40. The summed E-state index contributed by atoms with van der Waals surface area (Å²) < 4.78 is 5.08. The van der Waals surface area contributed by atoms with Crippen LogP contribution in [0.2, 0.25) is 0 Å². The summed E-state index contributed by atoms with van der Waals surface area (Å²) in [6.07, 6.45) is 0.392. The zero-order valence-corrected chi connectivity index (χ0v) is 7.50. The van der Waals surface area contributed by atoms with E-state index in [1.165, 1.54) is 0 Å². The number of Topliss-reactive ketones (excluding diaryl/α,β-unsaturated/α-hetero) is 2. The highest BCUT2D eigenvalue weighted by molar-refractivity contribution is 6.03. The molecule has 3 heteroatoms. The van der Waals surface area contributed by atoms with E-state index in [0.717, 1.165) is 0 Å². The third-order valence-corrected chi connectivity index (χ3v) is 2.08. The highest BCUT2D eigenvalue weighted by Gasteiger charge is 2.30. The fourth-order valence-corrected chi connectivity index (χ4v) is 1.28. The molecule has 0 aromatic rings. The third kappa shape index (κ3) is 1.91. The van der Waals surface area contributed by atoms with Gasteiger partial charge < -0.3 is 4.74 Å². The summed E-state index contributed by atoms with van der Waals surface area (Å²) in [5, 5.41) is 0. The minimum Gasteiger partial charge on any atom is -0.380 e. The number of rotatable bonds is 2. The van der Waals surface area contributed by atoms with Crippen LogP contribution in [0.1, 0.15) is 20.3 Å². The maximum absolute atomic E-state index is 11.4. The molecule has 1 saturated heterocycles. The highest BCUT2D eigenvalue weighted by Crippen LogP contribution is 2.14. The molecular weight excluding hydrogens is 156 g/mol. The lowest BCUT2D eigenvalue weighted by atomic mass is 9.90. The smallest absolute Gasteiger partial charge is 0.148 e. The molecule has 1 rings (SSSR count). The van der Waals surface area contributed by atoms with Gasteiger partial charge in [-0.1, -0.05) is 13.8 Å². The van der Waals surface area contributed by atoms with Crippen LogP contribution in [-0.4, -0.2) is 24.8 Å². The van der Waals surface area contributed by atoms with Crippen molar-refractivity contribution in [2.45, 2.75) is 20.3 Å². The Hall–Kier alpha value is -0.700. The maximum atomic E-state index is 11.4. The average Bonchev–Trinajstić information content (AvgIpc) is 2.04. The van der Waals surface area contributed by atoms with Gasteiger partial charge >= 0.3 is 0 Å². The molecule has 1 aliphatic rings. The number of hydrogen-bond donors (Lipinski definition) is 0. The summed E-state index contributed by atoms with van der Waals surface area (Å²) in [6.45, 7) is 4.38. The molecule has 0 aromatic carbocycles. The van der Waals surface area contributed by atoms with E-state index in [1.807, 2.05) is 13.8 Å². The topological polar surface area (TPSA) is 43.4 Å². The van der Waals surface area contributed by atoms with Gasteiger partial charge in [0, 0.05) is 12.3 Å². The average molecular weight is 170 g/mol. The van der Waals surface area contributed by atoms with Crippen LogP contribution >= 0.6 is 0 Å². The van der Waals surface area contributed by atoms with Gasteiger partial charge in [0.05, 0.1) is 19.1 Å². The zero-order chi connectivity index (χ0) is 9.14. The minimum absolute atomic E-state index is 0.0136. The van der Waals surface area contributed by atoms with Crippen LogP contribution in [-0.2, 0) is 14.3 Å². The lowest BCUT2D eigenvalue weighted by Crippen LogP contribution is -2.36. The molecule has 0 amide bonds. The van der Waals surface area contributed by atoms with E-state index in [4.69, 9.17) is 4.74 Å². The molecule has 1 fully saturated rings. The molecule has 1 unspecified atom stereocenters. The van der Waals surface area contributed by atoms with E-state index in [-0.39, 0.29) is 24.1 Å². The van der Waals surface area contributed by atoms with E-state index in [9.17, 15) is 9.59 Å². The Balaban J connectivity index is 2.60. The van der Waals surface area contributed by atoms with Crippen LogP contribution in [0.3, 0.4) is 0 Å². The van der Waals surface area contributed by atoms with Crippen molar-refractivity contribution in [1.29, 1.82) is 0 Å². The van der Waals surface area contributed by atoms with Crippen molar-refractivity contribution in [2.75, 3.05) is 13.2 Å². The van der Waals surface area contributed by atoms with Crippen molar-refractivity contribution >= 4 is 11.6 Å². The monoisotopic (exact) mass is 170 g/mol. The van der Waals surface area contributed by atoms with Gasteiger partial charge in [0.25, 0.3) is 0 Å². The Morgan fingerprint density at radius 3 is 2.75 bits per heavy atom. The van der Waals surface area contributed by atoms with Gasteiger partial charge in [-0.15, -0.1) is 0 Å². The van der Waals surface area contributed by atoms with Gasteiger partial charge in [-0.25, -0.2) is 0 Å². The van der Waals surface area contributed by atoms with Crippen molar-refractivity contribution in [1.82, 2.24) is 0 Å². The number of ketones is 2. The molecular formula is C9H14O3. The molecule has 12 heavy (non-hydrogen) atoms. The maximum Gasteiger partial charge on any atom is 0.148 e. The van der Waals surface area contributed by atoms with E-state index in [0.29, 0.717) is 13.0 Å². The summed E-state index contributed by atoms with van der Waals surface area (Å²) in [5.41, 5.74) is 0.